The molecule has 0 N–H and O–H groups in total. The van der Waals surface area contributed by atoms with Crippen molar-refractivity contribution in [3.63, 3.8) is 0 Å². The van der Waals surface area contributed by atoms with Crippen molar-refractivity contribution in [2.45, 2.75) is 13.6 Å². The van der Waals surface area contributed by atoms with Gasteiger partial charge in [-0.15, -0.1) is 0 Å². The van der Waals surface area contributed by atoms with Crippen molar-refractivity contribution >= 4 is 43.0 Å². The fraction of sp³-hybridized carbons (Fsp3) is 1.00. The van der Waals surface area contributed by atoms with Gasteiger partial charge >= 0.3 is 0 Å². The van der Waals surface area contributed by atoms with E-state index in [-0.39, 0.29) is 0 Å². The van der Waals surface area contributed by atoms with Gasteiger partial charge in [0.15, 0.2) is 5.88 Å². The number of halogens is 1. The van der Waals surface area contributed by atoms with Crippen LogP contribution in [0.2, 0.25) is 13.6 Å². The van der Waals surface area contributed by atoms with Crippen LogP contribution in [0.25, 0.3) is 0 Å². The topological polar surface area (TPSA) is 0 Å². The van der Waals surface area contributed by atoms with Crippen LogP contribution in [0.3, 0.4) is 0 Å². The van der Waals surface area contributed by atoms with Crippen molar-refractivity contribution in [1.82, 2.24) is 0 Å². The molecule has 0 amide bonds. The minimum absolute atomic E-state index is 0.839. The Morgan fingerprint density at radius 2 is 2.33 bits per heavy atom. The molecule has 0 bridgehead atoms. The Balaban J connectivity index is 2.75. The molecule has 34 valence electrons. The predicted octanol–water partition coefficient (Wildman–Crippen LogP) is 1.67. The van der Waals surface area contributed by atoms with Crippen molar-refractivity contribution in [3.05, 3.63) is 0 Å². The Morgan fingerprint density at radius 3 is 2.33 bits per heavy atom. The van der Waals surface area contributed by atoms with Crippen LogP contribution in [0.15, 0.2) is 0 Å². The molecule has 0 saturated heterocycles. The zero-order chi connectivity index (χ0) is 4.99. The highest BCUT2D eigenvalue weighted by molar-refractivity contribution is 14.2. The van der Waals surface area contributed by atoms with Crippen LogP contribution in [-0.2, 0) is 0 Å². The highest BCUT2D eigenvalue weighted by Gasteiger charge is 1.99. The van der Waals surface area contributed by atoms with Crippen molar-refractivity contribution in [2.75, 3.05) is 0 Å². The van der Waals surface area contributed by atoms with Crippen LogP contribution in [0.1, 0.15) is 0 Å². The fourth-order valence-electron chi connectivity index (χ4n) is 0.0630. The first-order valence-electron chi connectivity index (χ1n) is 2.08. The summed E-state index contributed by atoms with van der Waals surface area (Å²) in [6.45, 7) is 4.44. The predicted molar refractivity (Wildman–Crippen MR) is 46.2 cm³/mol. The van der Waals surface area contributed by atoms with Crippen molar-refractivity contribution < 1.29 is 0 Å². The van der Waals surface area contributed by atoms with Gasteiger partial charge in [0.25, 0.3) is 0 Å². The first kappa shape index (κ1) is 7.21. The molecular weight excluding hydrogens is 205 g/mol. The summed E-state index contributed by atoms with van der Waals surface area (Å²) in [6.07, 6.45) is 0. The summed E-state index contributed by atoms with van der Waals surface area (Å²) < 4.78 is 0. The van der Waals surface area contributed by atoms with E-state index in [1.165, 1.54) is 7.17 Å². The van der Waals surface area contributed by atoms with E-state index in [1.54, 1.807) is 0 Å². The second-order valence-corrected chi connectivity index (χ2v) is 3.82. The van der Waals surface area contributed by atoms with Gasteiger partial charge in [-0.05, 0) is 21.2 Å². The van der Waals surface area contributed by atoms with Crippen LogP contribution < -0.4 is 0 Å². The Kier molecular flexibility index (Phi) is 5.25. The van der Waals surface area contributed by atoms with E-state index in [0.717, 1.165) is 5.88 Å². The monoisotopic (exact) mass is 212 g/mol. The maximum absolute atomic E-state index is 2.33. The molecule has 0 saturated carbocycles. The van der Waals surface area contributed by atoms with E-state index >= 15 is 0 Å². The molecule has 0 aliphatic rings. The number of hydrogen-bond donors (Lipinski definition) is 0. The summed E-state index contributed by atoms with van der Waals surface area (Å²) in [5, 5.41) is 0. The van der Waals surface area contributed by atoms with Crippen LogP contribution in [0.4, 0.5) is 0 Å². The van der Waals surface area contributed by atoms with Gasteiger partial charge in [-0.25, -0.2) is 0 Å². The minimum Gasteiger partial charge on any atom is -0.151 e. The van der Waals surface area contributed by atoms with Gasteiger partial charge in [-0.1, -0.05) is 13.6 Å². The number of hydrogen-bond acceptors (Lipinski definition) is 1. The summed E-state index contributed by atoms with van der Waals surface area (Å²) in [4.78, 5) is 0. The standard InChI is InChI=1S/C2H7B2IS/c1-3-4(2)6-5/h3H,1-2H3. The summed E-state index contributed by atoms with van der Waals surface area (Å²) in [7, 11) is 3.18. The smallest absolute Gasteiger partial charge is 0.151 e. The molecular formula is C2H7B2IS. The molecule has 0 aromatic heterocycles. The zero-order valence-electron chi connectivity index (χ0n) is 4.07. The lowest BCUT2D eigenvalue weighted by atomic mass is 9.41. The second-order valence-electron chi connectivity index (χ2n) is 1.31. The van der Waals surface area contributed by atoms with E-state index < -0.39 is 0 Å². The van der Waals surface area contributed by atoms with E-state index in [9.17, 15) is 0 Å². The molecule has 4 heteroatoms. The van der Waals surface area contributed by atoms with Gasteiger partial charge in [0.1, 0.15) is 7.17 Å². The molecule has 0 aromatic rings. The maximum atomic E-state index is 2.33. The van der Waals surface area contributed by atoms with Gasteiger partial charge in [-0.3, -0.25) is 0 Å². The normalized spacial score (nSPS) is 7.83. The molecule has 0 fully saturated rings. The Labute approximate surface area is 56.6 Å². The largest absolute Gasteiger partial charge is 0.183 e. The Bertz CT molecular complexity index is 30.7. The third kappa shape index (κ3) is 3.40. The van der Waals surface area contributed by atoms with E-state index in [4.69, 9.17) is 0 Å². The lowest BCUT2D eigenvalue weighted by Gasteiger charge is -1.89. The number of rotatable bonds is 2. The molecule has 0 rings (SSSR count). The van der Waals surface area contributed by atoms with E-state index in [1.807, 2.05) is 8.78 Å². The first-order chi connectivity index (χ1) is 2.81. The zero-order valence-corrected chi connectivity index (χ0v) is 7.04. The van der Waals surface area contributed by atoms with Gasteiger partial charge in [0.2, 0.25) is 0 Å². The molecule has 0 aromatic carbocycles. The second kappa shape index (κ2) is 4.37. The van der Waals surface area contributed by atoms with Gasteiger partial charge < -0.3 is 0 Å². The quantitative estimate of drug-likeness (QED) is 0.495. The van der Waals surface area contributed by atoms with Crippen molar-refractivity contribution in [1.29, 1.82) is 0 Å². The minimum atomic E-state index is 0.839. The van der Waals surface area contributed by atoms with Crippen LogP contribution in [0.5, 0.6) is 0 Å². The molecule has 0 nitrogen and oxygen atoms in total. The highest BCUT2D eigenvalue weighted by atomic mass is 127. The van der Waals surface area contributed by atoms with E-state index in [2.05, 4.69) is 34.9 Å². The molecule has 0 aliphatic heterocycles. The summed E-state index contributed by atoms with van der Waals surface area (Å²) in [6, 6.07) is 0. The molecule has 0 unspecified atom stereocenters. The van der Waals surface area contributed by atoms with Crippen molar-refractivity contribution in [2.24, 2.45) is 0 Å². The average Bonchev–Trinajstić information content (AvgIpc) is 1.65. The summed E-state index contributed by atoms with van der Waals surface area (Å²) in [5.41, 5.74) is 0. The molecule has 0 spiro atoms. The summed E-state index contributed by atoms with van der Waals surface area (Å²) in [5.74, 6) is 0.839. The Morgan fingerprint density at radius 1 is 1.83 bits per heavy atom. The van der Waals surface area contributed by atoms with Crippen molar-refractivity contribution in [3.8, 4) is 0 Å². The molecule has 0 heterocycles. The Hall–Kier alpha value is 1.21. The van der Waals surface area contributed by atoms with Gasteiger partial charge in [0, 0.05) is 0 Å². The van der Waals surface area contributed by atoms with Crippen LogP contribution >= 0.6 is 30.0 Å². The SMILES string of the molecule is CBB(C)SI. The third-order valence-corrected chi connectivity index (χ3v) is 3.97. The summed E-state index contributed by atoms with van der Waals surface area (Å²) >= 11 is 2.33. The average molecular weight is 212 g/mol. The van der Waals surface area contributed by atoms with Gasteiger partial charge in [0.05, 0.1) is 0 Å². The lowest BCUT2D eigenvalue weighted by molar-refractivity contribution is 2.27. The maximum Gasteiger partial charge on any atom is 0.183 e. The molecule has 0 radical (unpaired) electrons. The molecule has 0 aliphatic carbocycles. The fourth-order valence-corrected chi connectivity index (χ4v) is 1.27. The lowest BCUT2D eigenvalue weighted by Crippen LogP contribution is -2.05. The van der Waals surface area contributed by atoms with Gasteiger partial charge in [-0.2, -0.15) is 8.78 Å². The van der Waals surface area contributed by atoms with Crippen LogP contribution in [0, 0.1) is 0 Å². The third-order valence-electron chi connectivity index (χ3n) is 0.727. The van der Waals surface area contributed by atoms with Crippen LogP contribution in [-0.4, -0.2) is 13.1 Å². The highest BCUT2D eigenvalue weighted by Crippen LogP contribution is 2.13. The first-order valence-corrected chi connectivity index (χ1v) is 5.51. The molecule has 0 atom stereocenters. The molecule has 6 heavy (non-hydrogen) atoms. The van der Waals surface area contributed by atoms with E-state index in [0.29, 0.717) is 0 Å².